The lowest BCUT2D eigenvalue weighted by molar-refractivity contribution is 0.452. The number of nitrogens with one attached hydrogen (secondary N) is 1. The fraction of sp³-hybridized carbons (Fsp3) is 0.200. The SMILES string of the molecule is CCCc1cccc2c1Oc1cccc(O)c1N2. The Bertz CT molecular complexity index is 593. The van der Waals surface area contributed by atoms with Crippen LogP contribution in [0, 0.1) is 0 Å². The zero-order valence-electron chi connectivity index (χ0n) is 10.2. The van der Waals surface area contributed by atoms with Gasteiger partial charge in [-0.1, -0.05) is 31.5 Å². The van der Waals surface area contributed by atoms with Crippen molar-refractivity contribution in [3.63, 3.8) is 0 Å². The number of hydrogen-bond donors (Lipinski definition) is 2. The molecule has 1 aliphatic heterocycles. The van der Waals surface area contributed by atoms with Gasteiger partial charge in [0, 0.05) is 0 Å². The van der Waals surface area contributed by atoms with Crippen LogP contribution in [0.5, 0.6) is 17.2 Å². The van der Waals surface area contributed by atoms with Gasteiger partial charge < -0.3 is 15.2 Å². The van der Waals surface area contributed by atoms with Crippen LogP contribution in [-0.4, -0.2) is 5.11 Å². The van der Waals surface area contributed by atoms with E-state index in [9.17, 15) is 5.11 Å². The number of phenols is 1. The molecule has 92 valence electrons. The molecule has 0 spiro atoms. The molecule has 0 fully saturated rings. The maximum Gasteiger partial charge on any atom is 0.154 e. The molecular weight excluding hydrogens is 226 g/mol. The number of benzene rings is 2. The van der Waals surface area contributed by atoms with Crippen molar-refractivity contribution in [1.82, 2.24) is 0 Å². The Balaban J connectivity index is 2.08. The Labute approximate surface area is 106 Å². The van der Waals surface area contributed by atoms with Crippen molar-refractivity contribution >= 4 is 11.4 Å². The van der Waals surface area contributed by atoms with E-state index < -0.39 is 0 Å². The first-order valence-corrected chi connectivity index (χ1v) is 6.18. The lowest BCUT2D eigenvalue weighted by Gasteiger charge is -2.24. The van der Waals surface area contributed by atoms with Gasteiger partial charge >= 0.3 is 0 Å². The maximum absolute atomic E-state index is 9.81. The molecule has 3 heteroatoms. The zero-order valence-corrected chi connectivity index (χ0v) is 10.2. The molecule has 2 aromatic carbocycles. The van der Waals surface area contributed by atoms with Crippen LogP contribution in [0.3, 0.4) is 0 Å². The lowest BCUT2D eigenvalue weighted by Crippen LogP contribution is -2.05. The molecule has 2 aromatic rings. The third-order valence-electron chi connectivity index (χ3n) is 3.09. The summed E-state index contributed by atoms with van der Waals surface area (Å²) in [5.41, 5.74) is 2.74. The molecule has 0 saturated carbocycles. The van der Waals surface area contributed by atoms with Crippen molar-refractivity contribution in [2.24, 2.45) is 0 Å². The largest absolute Gasteiger partial charge is 0.506 e. The number of anilines is 2. The fourth-order valence-electron chi connectivity index (χ4n) is 2.24. The van der Waals surface area contributed by atoms with E-state index in [1.54, 1.807) is 12.1 Å². The number of aryl methyl sites for hydroxylation is 1. The monoisotopic (exact) mass is 241 g/mol. The van der Waals surface area contributed by atoms with Gasteiger partial charge in [0.2, 0.25) is 0 Å². The van der Waals surface area contributed by atoms with E-state index in [1.165, 1.54) is 5.56 Å². The molecule has 3 rings (SSSR count). The summed E-state index contributed by atoms with van der Waals surface area (Å²) in [7, 11) is 0. The molecule has 0 radical (unpaired) electrons. The highest BCUT2D eigenvalue weighted by molar-refractivity contribution is 5.80. The molecule has 0 aliphatic carbocycles. The normalized spacial score (nSPS) is 12.1. The summed E-state index contributed by atoms with van der Waals surface area (Å²) in [5, 5.41) is 13.0. The van der Waals surface area contributed by atoms with E-state index in [4.69, 9.17) is 4.74 Å². The highest BCUT2D eigenvalue weighted by Crippen LogP contribution is 2.47. The van der Waals surface area contributed by atoms with Gasteiger partial charge in [0.05, 0.1) is 5.69 Å². The molecule has 3 nitrogen and oxygen atoms in total. The Morgan fingerprint density at radius 3 is 2.83 bits per heavy atom. The minimum Gasteiger partial charge on any atom is -0.506 e. The van der Waals surface area contributed by atoms with Gasteiger partial charge in [-0.25, -0.2) is 0 Å². The quantitative estimate of drug-likeness (QED) is 0.661. The van der Waals surface area contributed by atoms with Gasteiger partial charge in [-0.15, -0.1) is 0 Å². The first-order chi connectivity index (χ1) is 8.79. The van der Waals surface area contributed by atoms with Crippen LogP contribution in [0.25, 0.3) is 0 Å². The van der Waals surface area contributed by atoms with E-state index in [0.717, 1.165) is 24.3 Å². The van der Waals surface area contributed by atoms with Gasteiger partial charge in [-0.3, -0.25) is 0 Å². The summed E-state index contributed by atoms with van der Waals surface area (Å²) >= 11 is 0. The van der Waals surface area contributed by atoms with Crippen molar-refractivity contribution in [3.05, 3.63) is 42.0 Å². The van der Waals surface area contributed by atoms with E-state index in [0.29, 0.717) is 11.4 Å². The van der Waals surface area contributed by atoms with Crippen molar-refractivity contribution in [1.29, 1.82) is 0 Å². The van der Waals surface area contributed by atoms with Crippen LogP contribution < -0.4 is 10.1 Å². The predicted octanol–water partition coefficient (Wildman–Crippen LogP) is 4.19. The molecule has 0 atom stereocenters. The minimum absolute atomic E-state index is 0.207. The Kier molecular flexibility index (Phi) is 2.59. The number of hydrogen-bond acceptors (Lipinski definition) is 3. The number of ether oxygens (including phenoxy) is 1. The predicted molar refractivity (Wildman–Crippen MR) is 71.9 cm³/mol. The summed E-state index contributed by atoms with van der Waals surface area (Å²) in [6, 6.07) is 11.3. The standard InChI is InChI=1S/C15H15NO2/c1-2-5-10-6-3-7-11-15(10)18-13-9-4-8-12(17)14(13)16-11/h3-4,6-9,16-17H,2,5H2,1H3. The smallest absolute Gasteiger partial charge is 0.154 e. The molecule has 1 aliphatic rings. The molecule has 0 unspecified atom stereocenters. The maximum atomic E-state index is 9.81. The first kappa shape index (κ1) is 11.0. The summed E-state index contributed by atoms with van der Waals surface area (Å²) < 4.78 is 5.92. The zero-order chi connectivity index (χ0) is 12.5. The third kappa shape index (κ3) is 1.68. The highest BCUT2D eigenvalue weighted by Gasteiger charge is 2.20. The molecule has 1 heterocycles. The van der Waals surface area contributed by atoms with Crippen molar-refractivity contribution in [2.45, 2.75) is 19.8 Å². The molecular formula is C15H15NO2. The Morgan fingerprint density at radius 2 is 2.00 bits per heavy atom. The topological polar surface area (TPSA) is 41.5 Å². The molecule has 18 heavy (non-hydrogen) atoms. The van der Waals surface area contributed by atoms with Gasteiger partial charge in [-0.2, -0.15) is 0 Å². The number of para-hydroxylation sites is 2. The van der Waals surface area contributed by atoms with Crippen LogP contribution in [-0.2, 0) is 6.42 Å². The molecule has 0 bridgehead atoms. The van der Waals surface area contributed by atoms with E-state index in [2.05, 4.69) is 18.3 Å². The van der Waals surface area contributed by atoms with Crippen molar-refractivity contribution in [3.8, 4) is 17.2 Å². The van der Waals surface area contributed by atoms with Gasteiger partial charge in [-0.05, 0) is 30.2 Å². The average molecular weight is 241 g/mol. The third-order valence-corrected chi connectivity index (χ3v) is 3.09. The number of phenolic OH excluding ortho intramolecular Hbond substituents is 1. The Morgan fingerprint density at radius 1 is 1.17 bits per heavy atom. The fourth-order valence-corrected chi connectivity index (χ4v) is 2.24. The van der Waals surface area contributed by atoms with Crippen LogP contribution in [0.1, 0.15) is 18.9 Å². The van der Waals surface area contributed by atoms with Gasteiger partial charge in [0.15, 0.2) is 11.5 Å². The van der Waals surface area contributed by atoms with Gasteiger partial charge in [0.1, 0.15) is 11.4 Å². The van der Waals surface area contributed by atoms with Crippen LogP contribution >= 0.6 is 0 Å². The highest BCUT2D eigenvalue weighted by atomic mass is 16.5. The second-order valence-corrected chi connectivity index (χ2v) is 4.42. The van der Waals surface area contributed by atoms with Crippen molar-refractivity contribution in [2.75, 3.05) is 5.32 Å². The molecule has 2 N–H and O–H groups in total. The second kappa shape index (κ2) is 4.26. The lowest BCUT2D eigenvalue weighted by atomic mass is 10.1. The number of fused-ring (bicyclic) bond motifs is 2. The van der Waals surface area contributed by atoms with Gasteiger partial charge in [0.25, 0.3) is 0 Å². The molecule has 0 aromatic heterocycles. The number of rotatable bonds is 2. The first-order valence-electron chi connectivity index (χ1n) is 6.18. The average Bonchev–Trinajstić information content (AvgIpc) is 2.38. The number of aromatic hydroxyl groups is 1. The summed E-state index contributed by atoms with van der Waals surface area (Å²) in [6.45, 7) is 2.15. The van der Waals surface area contributed by atoms with Crippen LogP contribution in [0.15, 0.2) is 36.4 Å². The second-order valence-electron chi connectivity index (χ2n) is 4.42. The summed E-state index contributed by atoms with van der Waals surface area (Å²) in [6.07, 6.45) is 2.06. The van der Waals surface area contributed by atoms with Crippen LogP contribution in [0.2, 0.25) is 0 Å². The summed E-state index contributed by atoms with van der Waals surface area (Å²) in [5.74, 6) is 1.75. The van der Waals surface area contributed by atoms with E-state index >= 15 is 0 Å². The Hall–Kier alpha value is -2.16. The van der Waals surface area contributed by atoms with E-state index in [-0.39, 0.29) is 5.75 Å². The summed E-state index contributed by atoms with van der Waals surface area (Å²) in [4.78, 5) is 0. The molecule has 0 saturated heterocycles. The van der Waals surface area contributed by atoms with E-state index in [1.807, 2.05) is 18.2 Å². The minimum atomic E-state index is 0.207. The van der Waals surface area contributed by atoms with Crippen LogP contribution in [0.4, 0.5) is 11.4 Å². The van der Waals surface area contributed by atoms with Crippen molar-refractivity contribution < 1.29 is 9.84 Å². The molecule has 0 amide bonds.